The van der Waals surface area contributed by atoms with Gasteiger partial charge in [-0.15, -0.1) is 0 Å². The fraction of sp³-hybridized carbons (Fsp3) is 0.300. The zero-order valence-electron chi connectivity index (χ0n) is 14.2. The predicted molar refractivity (Wildman–Crippen MR) is 93.7 cm³/mol. The van der Waals surface area contributed by atoms with E-state index in [0.29, 0.717) is 18.6 Å². The van der Waals surface area contributed by atoms with E-state index < -0.39 is 6.10 Å². The average molecular weight is 323 g/mol. The van der Waals surface area contributed by atoms with Gasteiger partial charge in [0, 0.05) is 23.2 Å². The number of fused-ring (bicyclic) bond motifs is 1. The Balaban J connectivity index is 1.72. The number of nitrogens with one attached hydrogen (secondary N) is 1. The molecule has 0 unspecified atom stereocenters. The van der Waals surface area contributed by atoms with Crippen LogP contribution in [0.15, 0.2) is 36.4 Å². The summed E-state index contributed by atoms with van der Waals surface area (Å²) in [6.45, 7) is 5.69. The molecule has 0 fully saturated rings. The largest absolute Gasteiger partial charge is 0.481 e. The minimum absolute atomic E-state index is 0.142. The van der Waals surface area contributed by atoms with Crippen molar-refractivity contribution in [2.45, 2.75) is 39.7 Å². The summed E-state index contributed by atoms with van der Waals surface area (Å²) in [5.74, 6) is 0.563. The van der Waals surface area contributed by atoms with Crippen LogP contribution in [0.25, 0.3) is 0 Å². The number of anilines is 1. The number of ether oxygens (including phenoxy) is 1. The van der Waals surface area contributed by atoms with Gasteiger partial charge in [-0.25, -0.2) is 0 Å². The minimum Gasteiger partial charge on any atom is -0.481 e. The number of Topliss-reactive ketones (excluding diaryl/α,β-unsaturated/α-hetero) is 1. The molecule has 1 amide bonds. The first-order chi connectivity index (χ1) is 11.5. The smallest absolute Gasteiger partial charge is 0.265 e. The SMILES string of the molecule is Cc1ccc(NC(=O)[C@@H](C)Oc2cccc3c2CCC3=O)c(C)c1. The van der Waals surface area contributed by atoms with Crippen LogP contribution in [0, 0.1) is 13.8 Å². The third-order valence-electron chi connectivity index (χ3n) is 4.35. The van der Waals surface area contributed by atoms with Gasteiger partial charge in [0.1, 0.15) is 5.75 Å². The molecular formula is C20H21NO3. The normalized spacial score (nSPS) is 14.2. The Bertz CT molecular complexity index is 811. The fourth-order valence-electron chi connectivity index (χ4n) is 3.00. The van der Waals surface area contributed by atoms with E-state index >= 15 is 0 Å². The molecule has 1 aliphatic rings. The maximum Gasteiger partial charge on any atom is 0.265 e. The number of benzene rings is 2. The van der Waals surface area contributed by atoms with Crippen LogP contribution in [0.3, 0.4) is 0 Å². The highest BCUT2D eigenvalue weighted by atomic mass is 16.5. The third-order valence-corrected chi connectivity index (χ3v) is 4.35. The first-order valence-electron chi connectivity index (χ1n) is 8.15. The molecule has 0 saturated heterocycles. The Labute approximate surface area is 141 Å². The summed E-state index contributed by atoms with van der Waals surface area (Å²) in [5, 5.41) is 2.90. The van der Waals surface area contributed by atoms with Gasteiger partial charge in [-0.1, -0.05) is 29.8 Å². The monoisotopic (exact) mass is 323 g/mol. The van der Waals surface area contributed by atoms with E-state index in [-0.39, 0.29) is 11.7 Å². The maximum atomic E-state index is 12.4. The average Bonchev–Trinajstić information content (AvgIpc) is 2.92. The van der Waals surface area contributed by atoms with Gasteiger partial charge in [0.25, 0.3) is 5.91 Å². The summed E-state index contributed by atoms with van der Waals surface area (Å²) < 4.78 is 5.84. The molecular weight excluding hydrogens is 302 g/mol. The number of aryl methyl sites for hydroxylation is 2. The molecule has 0 bridgehead atoms. The Morgan fingerprint density at radius 2 is 1.96 bits per heavy atom. The second-order valence-electron chi connectivity index (χ2n) is 6.27. The van der Waals surface area contributed by atoms with Crippen molar-refractivity contribution in [1.29, 1.82) is 0 Å². The van der Waals surface area contributed by atoms with E-state index in [9.17, 15) is 9.59 Å². The zero-order valence-corrected chi connectivity index (χ0v) is 14.2. The van der Waals surface area contributed by atoms with E-state index in [2.05, 4.69) is 5.32 Å². The molecule has 124 valence electrons. The van der Waals surface area contributed by atoms with Crippen molar-refractivity contribution in [3.05, 3.63) is 58.7 Å². The second-order valence-corrected chi connectivity index (χ2v) is 6.27. The molecule has 2 aromatic rings. The van der Waals surface area contributed by atoms with Gasteiger partial charge in [0.2, 0.25) is 0 Å². The molecule has 24 heavy (non-hydrogen) atoms. The Morgan fingerprint density at radius 3 is 2.71 bits per heavy atom. The van der Waals surface area contributed by atoms with Gasteiger partial charge in [0.05, 0.1) is 0 Å². The van der Waals surface area contributed by atoms with Crippen molar-refractivity contribution in [2.75, 3.05) is 5.32 Å². The van der Waals surface area contributed by atoms with Crippen molar-refractivity contribution < 1.29 is 14.3 Å². The van der Waals surface area contributed by atoms with Gasteiger partial charge in [-0.2, -0.15) is 0 Å². The standard InChI is InChI=1S/C20H21NO3/c1-12-7-9-17(13(2)11-12)21-20(23)14(3)24-19-6-4-5-15-16(19)8-10-18(15)22/h4-7,9,11,14H,8,10H2,1-3H3,(H,21,23)/t14-/m1/s1. The molecule has 0 aliphatic heterocycles. The lowest BCUT2D eigenvalue weighted by atomic mass is 10.1. The Kier molecular flexibility index (Phi) is 4.38. The topological polar surface area (TPSA) is 55.4 Å². The minimum atomic E-state index is -0.645. The van der Waals surface area contributed by atoms with Crippen LogP contribution in [0.1, 0.15) is 40.4 Å². The van der Waals surface area contributed by atoms with Crippen LogP contribution in [0.5, 0.6) is 5.75 Å². The number of rotatable bonds is 4. The summed E-state index contributed by atoms with van der Waals surface area (Å²) >= 11 is 0. The van der Waals surface area contributed by atoms with E-state index in [0.717, 1.165) is 27.9 Å². The molecule has 0 saturated carbocycles. The van der Waals surface area contributed by atoms with Gasteiger partial charge in [-0.05, 0) is 44.9 Å². The lowest BCUT2D eigenvalue weighted by Gasteiger charge is -2.17. The van der Waals surface area contributed by atoms with Crippen LogP contribution in [-0.2, 0) is 11.2 Å². The predicted octanol–water partition coefficient (Wildman–Crippen LogP) is 3.84. The van der Waals surface area contributed by atoms with Crippen molar-refractivity contribution in [2.24, 2.45) is 0 Å². The lowest BCUT2D eigenvalue weighted by Crippen LogP contribution is -2.30. The molecule has 1 atom stereocenters. The molecule has 2 aromatic carbocycles. The van der Waals surface area contributed by atoms with Crippen LogP contribution in [0.4, 0.5) is 5.69 Å². The summed E-state index contributed by atoms with van der Waals surface area (Å²) in [7, 11) is 0. The summed E-state index contributed by atoms with van der Waals surface area (Å²) in [6, 6.07) is 11.3. The van der Waals surface area contributed by atoms with Crippen LogP contribution in [0.2, 0.25) is 0 Å². The number of hydrogen-bond acceptors (Lipinski definition) is 3. The van der Waals surface area contributed by atoms with Crippen LogP contribution >= 0.6 is 0 Å². The summed E-state index contributed by atoms with van der Waals surface area (Å²) in [6.07, 6.45) is 0.544. The van der Waals surface area contributed by atoms with Crippen molar-refractivity contribution in [3.63, 3.8) is 0 Å². The highest BCUT2D eigenvalue weighted by Crippen LogP contribution is 2.31. The van der Waals surface area contributed by atoms with Crippen molar-refractivity contribution in [3.8, 4) is 5.75 Å². The van der Waals surface area contributed by atoms with Gasteiger partial charge in [-0.3, -0.25) is 9.59 Å². The van der Waals surface area contributed by atoms with Crippen molar-refractivity contribution >= 4 is 17.4 Å². The fourth-order valence-corrected chi connectivity index (χ4v) is 3.00. The van der Waals surface area contributed by atoms with Gasteiger partial charge < -0.3 is 10.1 Å². The highest BCUT2D eigenvalue weighted by molar-refractivity contribution is 6.01. The lowest BCUT2D eigenvalue weighted by molar-refractivity contribution is -0.122. The molecule has 1 N–H and O–H groups in total. The van der Waals surface area contributed by atoms with E-state index in [1.54, 1.807) is 13.0 Å². The quantitative estimate of drug-likeness (QED) is 0.930. The van der Waals surface area contributed by atoms with Crippen LogP contribution < -0.4 is 10.1 Å². The summed E-state index contributed by atoms with van der Waals surface area (Å²) in [5.41, 5.74) is 4.58. The van der Waals surface area contributed by atoms with Gasteiger partial charge in [0.15, 0.2) is 11.9 Å². The van der Waals surface area contributed by atoms with E-state index in [4.69, 9.17) is 4.74 Å². The van der Waals surface area contributed by atoms with Gasteiger partial charge >= 0.3 is 0 Å². The number of amides is 1. The second kappa shape index (κ2) is 6.48. The number of carbonyl (C=O) groups is 2. The first-order valence-corrected chi connectivity index (χ1v) is 8.15. The molecule has 0 heterocycles. The zero-order chi connectivity index (χ0) is 17.3. The molecule has 3 rings (SSSR count). The van der Waals surface area contributed by atoms with Crippen molar-refractivity contribution in [1.82, 2.24) is 0 Å². The van der Waals surface area contributed by atoms with E-state index in [1.165, 1.54) is 0 Å². The van der Waals surface area contributed by atoms with Crippen LogP contribution in [-0.4, -0.2) is 17.8 Å². The molecule has 1 aliphatic carbocycles. The molecule has 0 radical (unpaired) electrons. The first kappa shape index (κ1) is 16.2. The maximum absolute atomic E-state index is 12.4. The molecule has 0 spiro atoms. The summed E-state index contributed by atoms with van der Waals surface area (Å²) in [4.78, 5) is 24.2. The Morgan fingerprint density at radius 1 is 1.17 bits per heavy atom. The molecule has 0 aromatic heterocycles. The highest BCUT2D eigenvalue weighted by Gasteiger charge is 2.24. The Hall–Kier alpha value is -2.62. The molecule has 4 heteroatoms. The van der Waals surface area contributed by atoms with E-state index in [1.807, 2.05) is 44.2 Å². The third kappa shape index (κ3) is 3.18. The number of carbonyl (C=O) groups excluding carboxylic acids is 2. The number of ketones is 1. The molecule has 4 nitrogen and oxygen atoms in total. The number of hydrogen-bond donors (Lipinski definition) is 1.